The molecule has 7 heteroatoms. The number of rotatable bonds is 5. The molecule has 3 rings (SSSR count). The highest BCUT2D eigenvalue weighted by Gasteiger charge is 2.22. The molecule has 1 N–H and O–H groups in total. The predicted molar refractivity (Wildman–Crippen MR) is 111 cm³/mol. The van der Waals surface area contributed by atoms with E-state index in [0.717, 1.165) is 15.7 Å². The summed E-state index contributed by atoms with van der Waals surface area (Å²) in [6.07, 6.45) is 0. The number of hydrogen-bond donors (Lipinski definition) is 1. The van der Waals surface area contributed by atoms with Gasteiger partial charge in [-0.25, -0.2) is 4.39 Å². The number of halogens is 2. The maximum Gasteiger partial charge on any atom is 0.256 e. The van der Waals surface area contributed by atoms with E-state index < -0.39 is 6.86 Å². The molecule has 0 spiro atoms. The van der Waals surface area contributed by atoms with Crippen molar-refractivity contribution in [3.63, 3.8) is 0 Å². The van der Waals surface area contributed by atoms with Crippen molar-refractivity contribution < 1.29 is 13.9 Å². The maximum absolute atomic E-state index is 12.6. The normalized spacial score (nSPS) is 11.3. The van der Waals surface area contributed by atoms with Crippen LogP contribution in [0.1, 0.15) is 31.1 Å². The Morgan fingerprint density at radius 3 is 2.61 bits per heavy atom. The minimum atomic E-state index is -0.893. The second-order valence-corrected chi connectivity index (χ2v) is 8.16. The van der Waals surface area contributed by atoms with Gasteiger partial charge in [-0.15, -0.1) is 0 Å². The highest BCUT2D eigenvalue weighted by Crippen LogP contribution is 2.30. The highest BCUT2D eigenvalue weighted by molar-refractivity contribution is 9.10. The van der Waals surface area contributed by atoms with Crippen LogP contribution in [0.4, 0.5) is 10.2 Å². The van der Waals surface area contributed by atoms with Crippen LogP contribution in [0.15, 0.2) is 59.1 Å². The van der Waals surface area contributed by atoms with Crippen molar-refractivity contribution >= 4 is 27.7 Å². The Morgan fingerprint density at radius 1 is 1.18 bits per heavy atom. The Bertz CT molecular complexity index is 995. The number of aromatic nitrogens is 2. The molecule has 0 fully saturated rings. The first-order valence-electron chi connectivity index (χ1n) is 8.74. The van der Waals surface area contributed by atoms with Crippen molar-refractivity contribution in [3.05, 3.63) is 64.6 Å². The maximum atomic E-state index is 12.6. The lowest BCUT2D eigenvalue weighted by atomic mass is 10.1. The van der Waals surface area contributed by atoms with Crippen LogP contribution in [0.25, 0.3) is 11.3 Å². The van der Waals surface area contributed by atoms with E-state index in [4.69, 9.17) is 4.74 Å². The highest BCUT2D eigenvalue weighted by atomic mass is 79.9. The summed E-state index contributed by atoms with van der Waals surface area (Å²) in [4.78, 5) is 12.6. The molecule has 0 aliphatic carbocycles. The first kappa shape index (κ1) is 20.1. The van der Waals surface area contributed by atoms with Crippen molar-refractivity contribution in [2.75, 3.05) is 12.2 Å². The zero-order valence-corrected chi connectivity index (χ0v) is 17.5. The van der Waals surface area contributed by atoms with Crippen LogP contribution in [0, 0.1) is 0 Å². The SMILES string of the molecule is CC(C)(C)n1nc(NC(=O)c2cccc(Br)c2)cc1-c1cccc(OCF)c1. The number of ether oxygens (including phenoxy) is 1. The van der Waals surface area contributed by atoms with Gasteiger partial charge >= 0.3 is 0 Å². The molecule has 0 saturated heterocycles. The first-order valence-corrected chi connectivity index (χ1v) is 9.54. The number of nitrogens with one attached hydrogen (secondary N) is 1. The quantitative estimate of drug-likeness (QED) is 0.553. The Balaban J connectivity index is 1.96. The van der Waals surface area contributed by atoms with E-state index in [0.29, 0.717) is 17.1 Å². The van der Waals surface area contributed by atoms with Crippen molar-refractivity contribution in [2.24, 2.45) is 0 Å². The Morgan fingerprint density at radius 2 is 1.93 bits per heavy atom. The molecule has 3 aromatic rings. The fourth-order valence-electron chi connectivity index (χ4n) is 2.79. The van der Waals surface area contributed by atoms with Gasteiger partial charge in [-0.2, -0.15) is 5.10 Å². The fraction of sp³-hybridized carbons (Fsp3) is 0.238. The van der Waals surface area contributed by atoms with Crippen LogP contribution in [0.5, 0.6) is 5.75 Å². The van der Waals surface area contributed by atoms with Crippen LogP contribution in [0.2, 0.25) is 0 Å². The molecule has 1 amide bonds. The molecule has 0 bridgehead atoms. The zero-order chi connectivity index (χ0) is 20.3. The van der Waals surface area contributed by atoms with E-state index in [2.05, 4.69) is 26.3 Å². The molecule has 28 heavy (non-hydrogen) atoms. The number of nitrogens with zero attached hydrogens (tertiary/aromatic N) is 2. The van der Waals surface area contributed by atoms with Gasteiger partial charge in [-0.3, -0.25) is 9.48 Å². The Hall–Kier alpha value is -2.67. The van der Waals surface area contributed by atoms with Crippen LogP contribution >= 0.6 is 15.9 Å². The first-order chi connectivity index (χ1) is 13.3. The summed E-state index contributed by atoms with van der Waals surface area (Å²) in [7, 11) is 0. The van der Waals surface area contributed by atoms with Crippen molar-refractivity contribution in [3.8, 4) is 17.0 Å². The summed E-state index contributed by atoms with van der Waals surface area (Å²) in [6.45, 7) is 5.16. The van der Waals surface area contributed by atoms with Crippen LogP contribution < -0.4 is 10.1 Å². The molecular formula is C21H21BrFN3O2. The van der Waals surface area contributed by atoms with Crippen molar-refractivity contribution in [1.29, 1.82) is 0 Å². The fourth-order valence-corrected chi connectivity index (χ4v) is 3.18. The van der Waals surface area contributed by atoms with Gasteiger partial charge in [0, 0.05) is 21.7 Å². The van der Waals surface area contributed by atoms with Gasteiger partial charge in [0.2, 0.25) is 6.86 Å². The predicted octanol–water partition coefficient (Wildman–Crippen LogP) is 5.63. The van der Waals surface area contributed by atoms with E-state index in [9.17, 15) is 9.18 Å². The number of anilines is 1. The molecule has 146 valence electrons. The second kappa shape index (κ2) is 8.14. The van der Waals surface area contributed by atoms with Gasteiger partial charge in [-0.05, 0) is 51.1 Å². The molecule has 0 aliphatic rings. The molecule has 0 aliphatic heterocycles. The number of alkyl halides is 1. The van der Waals surface area contributed by atoms with Gasteiger partial charge in [0.25, 0.3) is 5.91 Å². The average Bonchev–Trinajstić information content (AvgIpc) is 3.06. The minimum Gasteiger partial charge on any atom is -0.463 e. The van der Waals surface area contributed by atoms with E-state index in [1.54, 1.807) is 42.5 Å². The summed E-state index contributed by atoms with van der Waals surface area (Å²) in [6, 6.07) is 16.1. The minimum absolute atomic E-state index is 0.249. The number of benzene rings is 2. The summed E-state index contributed by atoms with van der Waals surface area (Å²) >= 11 is 3.37. The number of hydrogen-bond acceptors (Lipinski definition) is 3. The smallest absolute Gasteiger partial charge is 0.256 e. The lowest BCUT2D eigenvalue weighted by Gasteiger charge is -2.22. The summed E-state index contributed by atoms with van der Waals surface area (Å²) in [5.74, 6) is 0.619. The molecular weight excluding hydrogens is 425 g/mol. The molecule has 0 radical (unpaired) electrons. The molecule has 1 aromatic heterocycles. The Kier molecular flexibility index (Phi) is 5.84. The van der Waals surface area contributed by atoms with E-state index in [1.807, 2.05) is 37.6 Å². The van der Waals surface area contributed by atoms with Gasteiger partial charge in [0.05, 0.1) is 11.2 Å². The average molecular weight is 446 g/mol. The summed E-state index contributed by atoms with van der Waals surface area (Å²) in [5.41, 5.74) is 1.81. The zero-order valence-electron chi connectivity index (χ0n) is 15.9. The largest absolute Gasteiger partial charge is 0.463 e. The van der Waals surface area contributed by atoms with Crippen LogP contribution in [-0.2, 0) is 5.54 Å². The molecule has 5 nitrogen and oxygen atoms in total. The van der Waals surface area contributed by atoms with Crippen LogP contribution in [-0.4, -0.2) is 22.5 Å². The lowest BCUT2D eigenvalue weighted by Crippen LogP contribution is -2.24. The van der Waals surface area contributed by atoms with Gasteiger partial charge in [-0.1, -0.05) is 34.1 Å². The Labute approximate surface area is 171 Å². The molecule has 0 atom stereocenters. The van der Waals surface area contributed by atoms with Gasteiger partial charge in [0.15, 0.2) is 5.82 Å². The molecule has 2 aromatic carbocycles. The van der Waals surface area contributed by atoms with Gasteiger partial charge in [0.1, 0.15) is 5.75 Å². The third-order valence-electron chi connectivity index (χ3n) is 4.02. The monoisotopic (exact) mass is 445 g/mol. The summed E-state index contributed by atoms with van der Waals surface area (Å²) in [5, 5.41) is 7.42. The van der Waals surface area contributed by atoms with Crippen molar-refractivity contribution in [1.82, 2.24) is 9.78 Å². The third-order valence-corrected chi connectivity index (χ3v) is 4.52. The molecule has 0 unspecified atom stereocenters. The standard InChI is InChI=1S/C21H21BrFN3O2/c1-21(2,3)26-18(14-6-5-9-17(11-14)28-13-23)12-19(25-26)24-20(27)15-7-4-8-16(22)10-15/h4-12H,13H2,1-3H3,(H,24,25,27). The molecule has 1 heterocycles. The number of carbonyl (C=O) groups excluding carboxylic acids is 1. The number of carbonyl (C=O) groups is 1. The lowest BCUT2D eigenvalue weighted by molar-refractivity contribution is 0.102. The van der Waals surface area contributed by atoms with E-state index >= 15 is 0 Å². The third kappa shape index (κ3) is 4.59. The van der Waals surface area contributed by atoms with Crippen LogP contribution in [0.3, 0.4) is 0 Å². The van der Waals surface area contributed by atoms with Gasteiger partial charge < -0.3 is 10.1 Å². The van der Waals surface area contributed by atoms with E-state index in [1.165, 1.54) is 0 Å². The molecule has 0 saturated carbocycles. The number of amides is 1. The van der Waals surface area contributed by atoms with Crippen molar-refractivity contribution in [2.45, 2.75) is 26.3 Å². The summed E-state index contributed by atoms with van der Waals surface area (Å²) < 4.78 is 20.1. The topological polar surface area (TPSA) is 56.2 Å². The van der Waals surface area contributed by atoms with E-state index in [-0.39, 0.29) is 11.4 Å². The second-order valence-electron chi connectivity index (χ2n) is 7.24.